The third kappa shape index (κ3) is 3.85. The van der Waals surface area contributed by atoms with Gasteiger partial charge in [0.15, 0.2) is 0 Å². The Morgan fingerprint density at radius 1 is 1.35 bits per heavy atom. The number of likely N-dealkylation sites (N-methyl/N-ethyl adjacent to an activating group) is 1. The van der Waals surface area contributed by atoms with Crippen LogP contribution < -0.4 is 10.6 Å². The van der Waals surface area contributed by atoms with Crippen LogP contribution in [0.2, 0.25) is 0 Å². The molecule has 0 aromatic carbocycles. The summed E-state index contributed by atoms with van der Waals surface area (Å²) >= 11 is 0. The molecule has 2 saturated heterocycles. The fraction of sp³-hybridized carbons (Fsp3) is 0.923. The average Bonchev–Trinajstić information content (AvgIpc) is 2.81. The summed E-state index contributed by atoms with van der Waals surface area (Å²) in [6.07, 6.45) is -1.70. The molecule has 7 heteroatoms. The summed E-state index contributed by atoms with van der Waals surface area (Å²) < 4.78 is 37.6. The van der Waals surface area contributed by atoms with Crippen LogP contribution in [0.4, 0.5) is 13.2 Å². The molecule has 2 aliphatic heterocycles. The summed E-state index contributed by atoms with van der Waals surface area (Å²) in [7, 11) is 2.02. The number of amides is 1. The van der Waals surface area contributed by atoms with E-state index in [1.165, 1.54) is 0 Å². The van der Waals surface area contributed by atoms with Crippen LogP contribution in [-0.2, 0) is 4.79 Å². The third-order valence-electron chi connectivity index (χ3n) is 4.38. The monoisotopic (exact) mass is 293 g/mol. The van der Waals surface area contributed by atoms with Crippen molar-refractivity contribution in [1.29, 1.82) is 0 Å². The van der Waals surface area contributed by atoms with Gasteiger partial charge in [-0.05, 0) is 39.3 Å². The third-order valence-corrected chi connectivity index (χ3v) is 4.38. The smallest absolute Gasteiger partial charge is 0.353 e. The first kappa shape index (κ1) is 15.6. The maximum absolute atomic E-state index is 12.5. The lowest BCUT2D eigenvalue weighted by molar-refractivity contribution is -0.180. The van der Waals surface area contributed by atoms with Gasteiger partial charge < -0.3 is 15.5 Å². The molecule has 2 rings (SSSR count). The van der Waals surface area contributed by atoms with E-state index in [0.717, 1.165) is 19.4 Å². The first-order valence-electron chi connectivity index (χ1n) is 7.16. The van der Waals surface area contributed by atoms with Gasteiger partial charge in [-0.2, -0.15) is 13.2 Å². The van der Waals surface area contributed by atoms with Gasteiger partial charge in [0.25, 0.3) is 0 Å². The Labute approximate surface area is 117 Å². The van der Waals surface area contributed by atoms with E-state index in [1.54, 1.807) is 0 Å². The summed E-state index contributed by atoms with van der Waals surface area (Å²) in [4.78, 5) is 14.1. The van der Waals surface area contributed by atoms with Crippen LogP contribution in [0.3, 0.4) is 0 Å². The highest BCUT2D eigenvalue weighted by Gasteiger charge is 2.42. The molecule has 1 amide bonds. The van der Waals surface area contributed by atoms with Crippen molar-refractivity contribution in [2.45, 2.75) is 43.9 Å². The van der Waals surface area contributed by atoms with Crippen molar-refractivity contribution < 1.29 is 18.0 Å². The quantitative estimate of drug-likeness (QED) is 0.820. The fourth-order valence-corrected chi connectivity index (χ4v) is 2.94. The van der Waals surface area contributed by atoms with E-state index in [-0.39, 0.29) is 25.3 Å². The topological polar surface area (TPSA) is 44.4 Å². The Morgan fingerprint density at radius 3 is 2.60 bits per heavy atom. The molecule has 0 spiro atoms. The van der Waals surface area contributed by atoms with E-state index < -0.39 is 18.1 Å². The Kier molecular flexibility index (Phi) is 4.90. The predicted molar refractivity (Wildman–Crippen MR) is 69.2 cm³/mol. The van der Waals surface area contributed by atoms with Gasteiger partial charge in [-0.3, -0.25) is 4.79 Å². The number of halogens is 3. The molecule has 0 aromatic heterocycles. The van der Waals surface area contributed by atoms with Gasteiger partial charge in [0.2, 0.25) is 5.91 Å². The Balaban J connectivity index is 1.72. The van der Waals surface area contributed by atoms with Crippen LogP contribution in [0.1, 0.15) is 25.7 Å². The summed E-state index contributed by atoms with van der Waals surface area (Å²) in [6.45, 7) is 1.45. The molecule has 20 heavy (non-hydrogen) atoms. The van der Waals surface area contributed by atoms with Crippen molar-refractivity contribution in [1.82, 2.24) is 15.5 Å². The Hall–Kier alpha value is -0.820. The van der Waals surface area contributed by atoms with Gasteiger partial charge in [-0.25, -0.2) is 0 Å². The molecule has 3 unspecified atom stereocenters. The van der Waals surface area contributed by atoms with Crippen molar-refractivity contribution in [2.24, 2.45) is 5.92 Å². The van der Waals surface area contributed by atoms with Gasteiger partial charge in [0.05, 0.1) is 12.0 Å². The minimum absolute atomic E-state index is 0.0257. The van der Waals surface area contributed by atoms with Gasteiger partial charge in [-0.1, -0.05) is 0 Å². The zero-order valence-corrected chi connectivity index (χ0v) is 11.7. The summed E-state index contributed by atoms with van der Waals surface area (Å²) in [5, 5.41) is 5.57. The Bertz CT molecular complexity index is 340. The molecular weight excluding hydrogens is 271 g/mol. The van der Waals surface area contributed by atoms with E-state index in [2.05, 4.69) is 15.5 Å². The van der Waals surface area contributed by atoms with Crippen molar-refractivity contribution in [3.63, 3.8) is 0 Å². The fourth-order valence-electron chi connectivity index (χ4n) is 2.94. The maximum Gasteiger partial charge on any atom is 0.393 e. The number of nitrogens with zero attached hydrogens (tertiary/aromatic N) is 1. The molecule has 0 aliphatic carbocycles. The molecule has 3 atom stereocenters. The van der Waals surface area contributed by atoms with Crippen molar-refractivity contribution >= 4 is 5.91 Å². The lowest BCUT2D eigenvalue weighted by Crippen LogP contribution is -2.52. The second-order valence-electron chi connectivity index (χ2n) is 5.80. The summed E-state index contributed by atoms with van der Waals surface area (Å²) in [5.41, 5.74) is 0. The second-order valence-corrected chi connectivity index (χ2v) is 5.80. The largest absolute Gasteiger partial charge is 0.393 e. The van der Waals surface area contributed by atoms with Crippen LogP contribution in [0.15, 0.2) is 0 Å². The number of alkyl halides is 3. The zero-order valence-electron chi connectivity index (χ0n) is 11.7. The molecule has 2 fully saturated rings. The molecular formula is C13H22F3N3O. The summed E-state index contributed by atoms with van der Waals surface area (Å²) in [5.74, 6) is -1.50. The second kappa shape index (κ2) is 6.30. The number of carbonyl (C=O) groups excluding carboxylic acids is 1. The molecule has 2 N–H and O–H groups in total. The molecule has 0 radical (unpaired) electrons. The van der Waals surface area contributed by atoms with Gasteiger partial charge in [-0.15, -0.1) is 0 Å². The predicted octanol–water partition coefficient (Wildman–Crippen LogP) is 1.13. The van der Waals surface area contributed by atoms with Gasteiger partial charge in [0.1, 0.15) is 0 Å². The zero-order chi connectivity index (χ0) is 14.8. The first-order chi connectivity index (χ1) is 9.38. The molecule has 4 nitrogen and oxygen atoms in total. The lowest BCUT2D eigenvalue weighted by atomic mass is 9.94. The van der Waals surface area contributed by atoms with E-state index in [9.17, 15) is 18.0 Å². The van der Waals surface area contributed by atoms with E-state index >= 15 is 0 Å². The summed E-state index contributed by atoms with van der Waals surface area (Å²) in [6, 6.07) is -0.134. The minimum Gasteiger partial charge on any atom is -0.353 e. The number of rotatable bonds is 3. The SMILES string of the molecule is CN1CCCC1CNC(=O)C1CCC(C(F)(F)F)CN1. The molecule has 0 saturated carbocycles. The molecule has 116 valence electrons. The highest BCUT2D eigenvalue weighted by Crippen LogP contribution is 2.31. The van der Waals surface area contributed by atoms with Gasteiger partial charge in [0, 0.05) is 19.1 Å². The standard InChI is InChI=1S/C13H22F3N3O/c1-19-6-2-3-10(19)8-18-12(20)11-5-4-9(7-17-11)13(14,15)16/h9-11,17H,2-8H2,1H3,(H,18,20). The highest BCUT2D eigenvalue weighted by molar-refractivity contribution is 5.81. The number of piperidine rings is 1. The number of hydrogen-bond acceptors (Lipinski definition) is 3. The van der Waals surface area contributed by atoms with E-state index in [0.29, 0.717) is 12.6 Å². The molecule has 2 aliphatic rings. The normalized spacial score (nSPS) is 32.3. The molecule has 0 bridgehead atoms. The average molecular weight is 293 g/mol. The number of nitrogens with one attached hydrogen (secondary N) is 2. The molecule has 0 aromatic rings. The maximum atomic E-state index is 12.5. The number of likely N-dealkylation sites (tertiary alicyclic amines) is 1. The van der Waals surface area contributed by atoms with Gasteiger partial charge >= 0.3 is 6.18 Å². The van der Waals surface area contributed by atoms with E-state index in [4.69, 9.17) is 0 Å². The molecule has 2 heterocycles. The number of carbonyl (C=O) groups is 1. The first-order valence-corrected chi connectivity index (χ1v) is 7.16. The number of hydrogen-bond donors (Lipinski definition) is 2. The van der Waals surface area contributed by atoms with Crippen LogP contribution in [0, 0.1) is 5.92 Å². The lowest BCUT2D eigenvalue weighted by Gasteiger charge is -2.30. The van der Waals surface area contributed by atoms with Crippen molar-refractivity contribution in [3.05, 3.63) is 0 Å². The Morgan fingerprint density at radius 2 is 2.10 bits per heavy atom. The van der Waals surface area contributed by atoms with Crippen molar-refractivity contribution in [2.75, 3.05) is 26.7 Å². The van der Waals surface area contributed by atoms with Crippen LogP contribution in [0.25, 0.3) is 0 Å². The van der Waals surface area contributed by atoms with Crippen LogP contribution >= 0.6 is 0 Å². The van der Waals surface area contributed by atoms with Crippen LogP contribution in [-0.4, -0.2) is 55.7 Å². The highest BCUT2D eigenvalue weighted by atomic mass is 19.4. The minimum atomic E-state index is -4.17. The van der Waals surface area contributed by atoms with E-state index in [1.807, 2.05) is 7.05 Å². The van der Waals surface area contributed by atoms with Crippen molar-refractivity contribution in [3.8, 4) is 0 Å². The van der Waals surface area contributed by atoms with Crippen LogP contribution in [0.5, 0.6) is 0 Å².